The maximum absolute atomic E-state index is 13.8. The maximum atomic E-state index is 13.8. The first-order chi connectivity index (χ1) is 37.1. The third kappa shape index (κ3) is 15.2. The summed E-state index contributed by atoms with van der Waals surface area (Å²) in [6.07, 6.45) is 1.81. The minimum atomic E-state index is -0.640. The predicted octanol–water partition coefficient (Wildman–Crippen LogP) is 13.3. The van der Waals surface area contributed by atoms with Crippen LogP contribution in [0.4, 0.5) is 44.0 Å². The van der Waals surface area contributed by atoms with Crippen molar-refractivity contribution in [1.29, 1.82) is 0 Å². The smallest absolute Gasteiger partial charge is 0.412 e. The third-order valence-corrected chi connectivity index (χ3v) is 13.5. The van der Waals surface area contributed by atoms with Crippen molar-refractivity contribution in [2.45, 2.75) is 112 Å². The summed E-state index contributed by atoms with van der Waals surface area (Å²) in [7, 11) is 0. The molecule has 0 aliphatic rings. The first-order valence-electron chi connectivity index (χ1n) is 25.3. The molecule has 0 saturated heterocycles. The molecule has 4 amide bonds. The molecule has 4 aromatic carbocycles. The van der Waals surface area contributed by atoms with Crippen molar-refractivity contribution in [2.24, 2.45) is 0 Å². The molecule has 18 nitrogen and oxygen atoms in total. The Morgan fingerprint density at radius 3 is 1.24 bits per heavy atom. The fraction of sp³-hybridized carbons (Fsp3) is 0.276. The molecular weight excluding hydrogens is 1020 g/mol. The highest BCUT2D eigenvalue weighted by atomic mass is 32.2. The normalized spacial score (nSPS) is 11.6. The summed E-state index contributed by atoms with van der Waals surface area (Å²) in [5.41, 5.74) is 4.70. The van der Waals surface area contributed by atoms with E-state index in [4.69, 9.17) is 19.4 Å². The second-order valence-electron chi connectivity index (χ2n) is 20.7. The van der Waals surface area contributed by atoms with E-state index in [0.29, 0.717) is 67.6 Å². The van der Waals surface area contributed by atoms with Crippen molar-refractivity contribution >= 4 is 104 Å². The molecule has 0 atom stereocenters. The molecular formula is C58H62N12O6S2. The lowest BCUT2D eigenvalue weighted by molar-refractivity contribution is 0.0624. The summed E-state index contributed by atoms with van der Waals surface area (Å²) in [6.45, 7) is 19.3. The standard InChI is InChI=1S/C58H62N12O6S2/c1-33(2)43-23-21-41-49(67-43)61-31-63-51(41)69-45-29-35(11-25-47(45)77-39-17-13-37(14-18-39)65-55(73)75-57(5,6)7)53(71)59-27-28-60-54(72)36-12-26-48(78-40-19-15-38(16-20-40)66-56(74)76-58(8,9)10)46(30-36)70-52-42-22-24-44(34(3)4)68-50(42)62-32-64-52/h11-26,29-34H,27-28H2,1-10H3,(H,59,71)(H,60,72)(H,65,73)(H,66,74)(H,61,63,67,69)(H,62,64,68,70). The predicted molar refractivity (Wildman–Crippen MR) is 308 cm³/mol. The number of anilines is 6. The van der Waals surface area contributed by atoms with Crippen LogP contribution in [0.25, 0.3) is 22.1 Å². The number of hydrogen-bond donors (Lipinski definition) is 6. The summed E-state index contributed by atoms with van der Waals surface area (Å²) < 4.78 is 10.8. The van der Waals surface area contributed by atoms with Crippen molar-refractivity contribution in [3.8, 4) is 0 Å². The molecule has 4 aromatic heterocycles. The van der Waals surface area contributed by atoms with Crippen LogP contribution in [0.3, 0.4) is 0 Å². The molecule has 0 radical (unpaired) electrons. The molecule has 0 aliphatic carbocycles. The fourth-order valence-electron chi connectivity index (χ4n) is 7.59. The van der Waals surface area contributed by atoms with E-state index < -0.39 is 23.4 Å². The van der Waals surface area contributed by atoms with Crippen LogP contribution in [-0.2, 0) is 9.47 Å². The van der Waals surface area contributed by atoms with Crippen molar-refractivity contribution in [1.82, 2.24) is 40.5 Å². The molecule has 78 heavy (non-hydrogen) atoms. The molecule has 0 spiro atoms. The lowest BCUT2D eigenvalue weighted by Crippen LogP contribution is -2.34. The van der Waals surface area contributed by atoms with Crippen molar-refractivity contribution in [3.05, 3.63) is 144 Å². The number of carbonyl (C=O) groups is 4. The molecule has 0 fully saturated rings. The van der Waals surface area contributed by atoms with E-state index in [2.05, 4.69) is 79.5 Å². The summed E-state index contributed by atoms with van der Waals surface area (Å²) in [4.78, 5) is 83.3. The van der Waals surface area contributed by atoms with Gasteiger partial charge in [-0.25, -0.2) is 39.5 Å². The summed E-state index contributed by atoms with van der Waals surface area (Å²) in [5.74, 6) is 0.716. The number of nitrogens with one attached hydrogen (secondary N) is 6. The number of carbonyl (C=O) groups excluding carboxylic acids is 4. The Bertz CT molecular complexity index is 3260. The lowest BCUT2D eigenvalue weighted by atomic mass is 10.1. The highest BCUT2D eigenvalue weighted by Gasteiger charge is 2.20. The number of hydrogen-bond acceptors (Lipinski definition) is 16. The van der Waals surface area contributed by atoms with E-state index in [1.807, 2.05) is 60.7 Å². The van der Waals surface area contributed by atoms with Gasteiger partial charge in [0.1, 0.15) is 35.5 Å². The van der Waals surface area contributed by atoms with Crippen molar-refractivity contribution in [2.75, 3.05) is 34.4 Å². The van der Waals surface area contributed by atoms with Crippen molar-refractivity contribution < 1.29 is 28.7 Å². The number of pyridine rings is 2. The second kappa shape index (κ2) is 24.3. The van der Waals surface area contributed by atoms with Crippen LogP contribution < -0.4 is 31.9 Å². The van der Waals surface area contributed by atoms with E-state index >= 15 is 0 Å². The van der Waals surface area contributed by atoms with Crippen LogP contribution in [0.15, 0.2) is 141 Å². The van der Waals surface area contributed by atoms with Crippen LogP contribution in [0, 0.1) is 0 Å². The van der Waals surface area contributed by atoms with Crippen LogP contribution >= 0.6 is 23.5 Å². The second-order valence-corrected chi connectivity index (χ2v) is 22.9. The topological polar surface area (TPSA) is 236 Å². The van der Waals surface area contributed by atoms with Gasteiger partial charge in [-0.2, -0.15) is 0 Å². The summed E-state index contributed by atoms with van der Waals surface area (Å²) in [5, 5.41) is 19.7. The minimum Gasteiger partial charge on any atom is -0.444 e. The van der Waals surface area contributed by atoms with Crippen LogP contribution in [0.2, 0.25) is 0 Å². The van der Waals surface area contributed by atoms with Gasteiger partial charge in [0.15, 0.2) is 11.3 Å². The van der Waals surface area contributed by atoms with E-state index in [1.165, 1.54) is 36.2 Å². The minimum absolute atomic E-state index is 0.129. The van der Waals surface area contributed by atoms with Gasteiger partial charge in [-0.05, 0) is 163 Å². The number of aromatic nitrogens is 6. The molecule has 8 rings (SSSR count). The Hall–Kier alpha value is -8.36. The third-order valence-electron chi connectivity index (χ3n) is 11.4. The highest BCUT2D eigenvalue weighted by Crippen LogP contribution is 2.39. The van der Waals surface area contributed by atoms with Crippen LogP contribution in [0.5, 0.6) is 0 Å². The fourth-order valence-corrected chi connectivity index (χ4v) is 9.36. The molecule has 0 unspecified atom stereocenters. The Balaban J connectivity index is 0.976. The molecule has 0 bridgehead atoms. The lowest BCUT2D eigenvalue weighted by Gasteiger charge is -2.19. The van der Waals surface area contributed by atoms with Gasteiger partial charge in [-0.15, -0.1) is 0 Å². The number of rotatable bonds is 17. The zero-order chi connectivity index (χ0) is 55.7. The zero-order valence-corrected chi connectivity index (χ0v) is 46.7. The maximum Gasteiger partial charge on any atom is 0.412 e. The first-order valence-corrected chi connectivity index (χ1v) is 26.9. The van der Waals surface area contributed by atoms with Crippen LogP contribution in [0.1, 0.15) is 113 Å². The summed E-state index contributed by atoms with van der Waals surface area (Å²) in [6, 6.07) is 33.2. The number of benzene rings is 4. The summed E-state index contributed by atoms with van der Waals surface area (Å²) >= 11 is 2.91. The molecule has 8 aromatic rings. The Kier molecular flexibility index (Phi) is 17.4. The first kappa shape index (κ1) is 55.9. The van der Waals surface area contributed by atoms with E-state index in [0.717, 1.165) is 31.0 Å². The quantitative estimate of drug-likeness (QED) is 0.0465. The molecule has 0 aliphatic heterocycles. The Morgan fingerprint density at radius 1 is 0.500 bits per heavy atom. The van der Waals surface area contributed by atoms with E-state index in [-0.39, 0.29) is 36.7 Å². The number of nitrogens with zero attached hydrogens (tertiary/aromatic N) is 6. The number of ether oxygens (including phenoxy) is 2. The number of amides is 4. The van der Waals surface area contributed by atoms with Gasteiger partial charge in [-0.3, -0.25) is 20.2 Å². The van der Waals surface area contributed by atoms with Gasteiger partial charge in [-0.1, -0.05) is 51.2 Å². The molecule has 0 saturated carbocycles. The van der Waals surface area contributed by atoms with E-state index in [1.54, 1.807) is 90.1 Å². The van der Waals surface area contributed by atoms with Gasteiger partial charge in [0, 0.05) is 66.6 Å². The van der Waals surface area contributed by atoms with Crippen molar-refractivity contribution in [3.63, 3.8) is 0 Å². The zero-order valence-electron chi connectivity index (χ0n) is 45.1. The monoisotopic (exact) mass is 1090 g/mol. The van der Waals surface area contributed by atoms with E-state index in [9.17, 15) is 19.2 Å². The highest BCUT2D eigenvalue weighted by molar-refractivity contribution is 7.99. The molecule has 402 valence electrons. The average molecular weight is 1090 g/mol. The average Bonchev–Trinajstić information content (AvgIpc) is 3.44. The van der Waals surface area contributed by atoms with Gasteiger partial charge >= 0.3 is 12.2 Å². The van der Waals surface area contributed by atoms with Gasteiger partial charge < -0.3 is 30.7 Å². The Labute approximate surface area is 461 Å². The van der Waals surface area contributed by atoms with Gasteiger partial charge in [0.2, 0.25) is 0 Å². The van der Waals surface area contributed by atoms with Crippen LogP contribution in [-0.4, -0.2) is 78.2 Å². The SMILES string of the molecule is CC(C)c1ccc2c(Nc3cc(C(=O)NCCNC(=O)c4ccc(Sc5ccc(NC(=O)OC(C)(C)C)cc5)c(Nc5ncnc6nc(C(C)C)ccc56)c4)ccc3Sc3ccc(NC(=O)OC(C)(C)C)cc3)ncnc2n1. The molecule has 6 N–H and O–H groups in total. The molecule has 4 heterocycles. The molecule has 20 heteroatoms. The van der Waals surface area contributed by atoms with Gasteiger partial charge in [0.25, 0.3) is 11.8 Å². The largest absolute Gasteiger partial charge is 0.444 e. The Morgan fingerprint density at radius 2 is 0.885 bits per heavy atom. The number of fused-ring (bicyclic) bond motifs is 2. The van der Waals surface area contributed by atoms with Gasteiger partial charge in [0.05, 0.1) is 22.1 Å².